The van der Waals surface area contributed by atoms with Crippen LogP contribution in [0.3, 0.4) is 0 Å². The molecule has 0 unspecified atom stereocenters. The summed E-state index contributed by atoms with van der Waals surface area (Å²) in [6.45, 7) is 0.829. The van der Waals surface area contributed by atoms with Crippen LogP contribution in [0, 0.1) is 0 Å². The molecule has 0 atom stereocenters. The number of hydrogen-bond acceptors (Lipinski definition) is 4. The molecule has 0 fully saturated rings. The van der Waals surface area contributed by atoms with Crippen molar-refractivity contribution in [2.24, 2.45) is 4.99 Å². The molecule has 7 heteroatoms. The van der Waals surface area contributed by atoms with Crippen molar-refractivity contribution in [3.05, 3.63) is 82.1 Å². The summed E-state index contributed by atoms with van der Waals surface area (Å²) in [5.41, 5.74) is 2.46. The Morgan fingerprint density at radius 3 is 2.53 bits per heavy atom. The number of nitrogens with one attached hydrogen (secondary N) is 2. The van der Waals surface area contributed by atoms with E-state index in [1.807, 2.05) is 60.7 Å². The van der Waals surface area contributed by atoms with Crippen molar-refractivity contribution >= 4 is 17.6 Å². The summed E-state index contributed by atoms with van der Waals surface area (Å²) in [6.07, 6.45) is 3.12. The predicted molar refractivity (Wildman–Crippen MR) is 117 cm³/mol. The molecule has 0 spiro atoms. The van der Waals surface area contributed by atoms with Crippen molar-refractivity contribution < 1.29 is 9.53 Å². The van der Waals surface area contributed by atoms with Gasteiger partial charge in [-0.1, -0.05) is 55.0 Å². The number of benzene rings is 2. The Kier molecular flexibility index (Phi) is 6.08. The number of nitrogens with zero attached hydrogens (tertiary/aromatic N) is 2. The second-order valence-electron chi connectivity index (χ2n) is 7.16. The Balaban J connectivity index is 1.62. The van der Waals surface area contributed by atoms with Crippen molar-refractivity contribution in [2.75, 3.05) is 11.9 Å². The van der Waals surface area contributed by atoms with E-state index in [0.717, 1.165) is 30.5 Å². The summed E-state index contributed by atoms with van der Waals surface area (Å²) in [7, 11) is 0. The van der Waals surface area contributed by atoms with Crippen LogP contribution in [-0.2, 0) is 11.3 Å². The molecule has 7 nitrogen and oxygen atoms in total. The Morgan fingerprint density at radius 1 is 1.03 bits per heavy atom. The fourth-order valence-corrected chi connectivity index (χ4v) is 3.49. The molecular weight excluding hydrogens is 380 g/mol. The second-order valence-corrected chi connectivity index (χ2v) is 7.16. The van der Waals surface area contributed by atoms with Crippen molar-refractivity contribution in [1.82, 2.24) is 9.78 Å². The lowest BCUT2D eigenvalue weighted by molar-refractivity contribution is 0.155. The molecule has 1 aromatic heterocycles. The minimum absolute atomic E-state index is 0.145. The maximum atomic E-state index is 13.2. The molecule has 3 aromatic rings. The number of aromatic nitrogens is 2. The van der Waals surface area contributed by atoms with E-state index in [0.29, 0.717) is 30.0 Å². The number of aromatic amines is 1. The van der Waals surface area contributed by atoms with Crippen LogP contribution in [0.4, 0.5) is 10.6 Å². The molecule has 0 saturated carbocycles. The van der Waals surface area contributed by atoms with Gasteiger partial charge in [0.25, 0.3) is 5.56 Å². The van der Waals surface area contributed by atoms with Crippen LogP contribution in [0.25, 0.3) is 5.69 Å². The number of H-pyrrole nitrogens is 1. The third-order valence-corrected chi connectivity index (χ3v) is 5.01. The van der Waals surface area contributed by atoms with Crippen LogP contribution in [-0.4, -0.2) is 28.1 Å². The van der Waals surface area contributed by atoms with Gasteiger partial charge in [-0.05, 0) is 37.0 Å². The normalized spacial score (nSPS) is 13.9. The van der Waals surface area contributed by atoms with Crippen LogP contribution in [0.15, 0.2) is 70.5 Å². The summed E-state index contributed by atoms with van der Waals surface area (Å²) in [5.74, 6) is 0.308. The van der Waals surface area contributed by atoms with Gasteiger partial charge in [0, 0.05) is 6.54 Å². The van der Waals surface area contributed by atoms with Crippen molar-refractivity contribution in [3.8, 4) is 5.69 Å². The lowest BCUT2D eigenvalue weighted by Gasteiger charge is -2.08. The van der Waals surface area contributed by atoms with Gasteiger partial charge >= 0.3 is 6.09 Å². The van der Waals surface area contributed by atoms with E-state index in [1.165, 1.54) is 4.68 Å². The van der Waals surface area contributed by atoms with Gasteiger partial charge in [0.2, 0.25) is 0 Å². The first-order valence-electron chi connectivity index (χ1n) is 10.1. The molecule has 2 aromatic carbocycles. The van der Waals surface area contributed by atoms with Gasteiger partial charge in [-0.25, -0.2) is 9.48 Å². The molecule has 30 heavy (non-hydrogen) atoms. The number of amides is 1. The summed E-state index contributed by atoms with van der Waals surface area (Å²) >= 11 is 0. The largest absolute Gasteiger partial charge is 0.444 e. The third-order valence-electron chi connectivity index (χ3n) is 5.01. The number of ether oxygens (including phenoxy) is 1. The first kappa shape index (κ1) is 19.7. The molecule has 0 aliphatic carbocycles. The number of carbonyl (C=O) groups is 1. The topological polar surface area (TPSA) is 88.5 Å². The number of rotatable bonds is 5. The zero-order chi connectivity index (χ0) is 20.8. The molecule has 2 heterocycles. The van der Waals surface area contributed by atoms with Crippen LogP contribution >= 0.6 is 0 Å². The number of hydrogen-bond donors (Lipinski definition) is 2. The smallest absolute Gasteiger partial charge is 0.413 e. The highest BCUT2D eigenvalue weighted by Crippen LogP contribution is 2.19. The molecule has 1 aliphatic rings. The monoisotopic (exact) mass is 404 g/mol. The maximum absolute atomic E-state index is 13.2. The summed E-state index contributed by atoms with van der Waals surface area (Å²) < 4.78 is 6.76. The molecule has 2 N–H and O–H groups in total. The standard InChI is InChI=1S/C23H24N4O3/c28-22-20(19-14-8-3-9-15-24-19)21(26-27(22)18-12-6-2-7-13-18)25-23(29)30-16-17-10-4-1-5-11-17/h1-2,4-7,10-13,26H,3,8-9,14-16H2,(H,25,29). The van der Waals surface area contributed by atoms with E-state index in [2.05, 4.69) is 15.4 Å². The van der Waals surface area contributed by atoms with Crippen molar-refractivity contribution in [3.63, 3.8) is 0 Å². The first-order chi connectivity index (χ1) is 14.7. The number of anilines is 1. The van der Waals surface area contributed by atoms with Gasteiger partial charge in [0.05, 0.1) is 11.4 Å². The zero-order valence-corrected chi connectivity index (χ0v) is 16.6. The fraction of sp³-hybridized carbons (Fsp3) is 0.261. The Hall–Kier alpha value is -3.61. The fourth-order valence-electron chi connectivity index (χ4n) is 3.49. The van der Waals surface area contributed by atoms with Gasteiger partial charge in [0.1, 0.15) is 18.0 Å². The minimum atomic E-state index is -0.629. The number of aliphatic imine (C=N–C) groups is 1. The molecule has 1 amide bonds. The zero-order valence-electron chi connectivity index (χ0n) is 16.6. The molecule has 0 radical (unpaired) electrons. The summed E-state index contributed by atoms with van der Waals surface area (Å²) in [4.78, 5) is 30.3. The van der Waals surface area contributed by atoms with Gasteiger partial charge in [-0.2, -0.15) is 0 Å². The first-order valence-corrected chi connectivity index (χ1v) is 10.1. The van der Waals surface area contributed by atoms with Gasteiger partial charge in [-0.3, -0.25) is 20.2 Å². The molecule has 4 rings (SSSR count). The van der Waals surface area contributed by atoms with E-state index in [-0.39, 0.29) is 12.2 Å². The van der Waals surface area contributed by atoms with E-state index < -0.39 is 6.09 Å². The van der Waals surface area contributed by atoms with Crippen molar-refractivity contribution in [1.29, 1.82) is 0 Å². The van der Waals surface area contributed by atoms with Crippen LogP contribution in [0.5, 0.6) is 0 Å². The maximum Gasteiger partial charge on any atom is 0.413 e. The van der Waals surface area contributed by atoms with E-state index >= 15 is 0 Å². The van der Waals surface area contributed by atoms with Crippen LogP contribution in [0.2, 0.25) is 0 Å². The lowest BCUT2D eigenvalue weighted by Crippen LogP contribution is -2.21. The SMILES string of the molecule is O=C(Nc1[nH]n(-c2ccccc2)c(=O)c1C1=NCCCCC1)OCc1ccccc1. The highest BCUT2D eigenvalue weighted by atomic mass is 16.5. The van der Waals surface area contributed by atoms with E-state index in [1.54, 1.807) is 0 Å². The summed E-state index contributed by atoms with van der Waals surface area (Å²) in [5, 5.41) is 5.74. The molecule has 1 aliphatic heterocycles. The average molecular weight is 404 g/mol. The average Bonchev–Trinajstić information content (AvgIpc) is 2.94. The summed E-state index contributed by atoms with van der Waals surface area (Å²) in [6, 6.07) is 18.7. The third kappa shape index (κ3) is 4.51. The van der Waals surface area contributed by atoms with Gasteiger partial charge < -0.3 is 4.74 Å². The molecular formula is C23H24N4O3. The lowest BCUT2D eigenvalue weighted by atomic mass is 10.1. The molecule has 0 saturated heterocycles. The van der Waals surface area contributed by atoms with Gasteiger partial charge in [-0.15, -0.1) is 0 Å². The van der Waals surface area contributed by atoms with Crippen molar-refractivity contribution in [2.45, 2.75) is 32.3 Å². The number of para-hydroxylation sites is 1. The highest BCUT2D eigenvalue weighted by molar-refractivity contribution is 6.06. The second kappa shape index (κ2) is 9.26. The number of carbonyl (C=O) groups excluding carboxylic acids is 1. The predicted octanol–water partition coefficient (Wildman–Crippen LogP) is 4.28. The highest BCUT2D eigenvalue weighted by Gasteiger charge is 2.22. The van der Waals surface area contributed by atoms with E-state index in [4.69, 9.17) is 4.74 Å². The Morgan fingerprint density at radius 2 is 1.77 bits per heavy atom. The minimum Gasteiger partial charge on any atom is -0.444 e. The van der Waals surface area contributed by atoms with E-state index in [9.17, 15) is 9.59 Å². The Labute approximate surface area is 174 Å². The van der Waals surface area contributed by atoms with Crippen LogP contribution in [0.1, 0.15) is 36.8 Å². The molecule has 154 valence electrons. The molecule has 0 bridgehead atoms. The Bertz CT molecular complexity index is 1080. The van der Waals surface area contributed by atoms with Gasteiger partial charge in [0.15, 0.2) is 0 Å². The quantitative estimate of drug-likeness (QED) is 0.665. The van der Waals surface area contributed by atoms with Crippen LogP contribution < -0.4 is 10.9 Å².